The first-order valence-electron chi connectivity index (χ1n) is 10.1. The first-order chi connectivity index (χ1) is 14.9. The normalized spacial score (nSPS) is 20.8. The Bertz CT molecular complexity index is 1100. The molecule has 31 heavy (non-hydrogen) atoms. The van der Waals surface area contributed by atoms with Gasteiger partial charge in [-0.15, -0.1) is 0 Å². The Balaban J connectivity index is 1.78. The number of dihydropyridines is 1. The van der Waals surface area contributed by atoms with Crippen LogP contribution in [0.4, 0.5) is 4.39 Å². The summed E-state index contributed by atoms with van der Waals surface area (Å²) in [4.78, 5) is 26.0. The molecule has 0 radical (unpaired) electrons. The second-order valence-corrected chi connectivity index (χ2v) is 7.84. The summed E-state index contributed by atoms with van der Waals surface area (Å²) in [6.45, 7) is 1.78. The van der Waals surface area contributed by atoms with Gasteiger partial charge in [0.25, 0.3) is 0 Å². The van der Waals surface area contributed by atoms with Crippen molar-refractivity contribution < 1.29 is 23.5 Å². The van der Waals surface area contributed by atoms with E-state index >= 15 is 0 Å². The third-order valence-corrected chi connectivity index (χ3v) is 6.00. The Kier molecular flexibility index (Phi) is 5.63. The summed E-state index contributed by atoms with van der Waals surface area (Å²) >= 11 is 0. The van der Waals surface area contributed by atoms with Gasteiger partial charge in [-0.25, -0.2) is 9.18 Å². The van der Waals surface area contributed by atoms with Gasteiger partial charge in [-0.2, -0.15) is 0 Å². The van der Waals surface area contributed by atoms with E-state index in [4.69, 9.17) is 9.47 Å². The second-order valence-electron chi connectivity index (χ2n) is 7.84. The molecular weight excluding hydrogens is 397 g/mol. The number of halogens is 1. The molecule has 1 aliphatic heterocycles. The molecule has 0 aromatic heterocycles. The number of allylic oxidation sites excluding steroid dienone is 3. The molecular formula is C25H24FNO4. The molecule has 0 saturated heterocycles. The minimum Gasteiger partial charge on any atom is -0.497 e. The molecule has 0 amide bonds. The van der Waals surface area contributed by atoms with Gasteiger partial charge >= 0.3 is 5.97 Å². The summed E-state index contributed by atoms with van der Waals surface area (Å²) in [6, 6.07) is 13.8. The van der Waals surface area contributed by atoms with Crippen LogP contribution < -0.4 is 10.1 Å². The van der Waals surface area contributed by atoms with Gasteiger partial charge in [0, 0.05) is 29.3 Å². The number of rotatable bonds is 4. The van der Waals surface area contributed by atoms with Gasteiger partial charge in [0.2, 0.25) is 0 Å². The third kappa shape index (κ3) is 3.85. The van der Waals surface area contributed by atoms with E-state index in [-0.39, 0.29) is 11.7 Å². The molecule has 2 aliphatic rings. The highest BCUT2D eigenvalue weighted by Gasteiger charge is 2.41. The van der Waals surface area contributed by atoms with Crippen LogP contribution in [-0.4, -0.2) is 26.0 Å². The molecule has 0 saturated carbocycles. The number of esters is 1. The van der Waals surface area contributed by atoms with E-state index in [9.17, 15) is 14.0 Å². The number of carbonyl (C=O) groups is 2. The van der Waals surface area contributed by atoms with E-state index in [1.54, 1.807) is 26.2 Å². The summed E-state index contributed by atoms with van der Waals surface area (Å²) < 4.78 is 24.3. The number of ether oxygens (including phenoxy) is 2. The number of benzene rings is 2. The first-order valence-corrected chi connectivity index (χ1v) is 10.1. The summed E-state index contributed by atoms with van der Waals surface area (Å²) in [5.74, 6) is -0.906. The van der Waals surface area contributed by atoms with Crippen LogP contribution in [0, 0.1) is 5.82 Å². The van der Waals surface area contributed by atoms with Crippen LogP contribution in [-0.2, 0) is 14.3 Å². The highest BCUT2D eigenvalue weighted by Crippen LogP contribution is 2.45. The molecule has 0 unspecified atom stereocenters. The Labute approximate surface area is 180 Å². The van der Waals surface area contributed by atoms with E-state index in [0.717, 1.165) is 17.0 Å². The molecule has 2 aromatic rings. The largest absolute Gasteiger partial charge is 0.497 e. The molecule has 1 heterocycles. The molecule has 2 atom stereocenters. The smallest absolute Gasteiger partial charge is 0.336 e. The minimum absolute atomic E-state index is 0.00490. The fraction of sp³-hybridized carbons (Fsp3) is 0.280. The zero-order valence-corrected chi connectivity index (χ0v) is 17.7. The standard InChI is InChI=1S/C25H24FNO4/c1-14-22(25(29)31-3)23(16-5-4-6-18(26)11-16)24-20(27-14)12-17(13-21(24)28)15-7-9-19(30-2)10-8-15/h4-11,17,23,27H,12-13H2,1-3H3/t17-,23-/m0/s1. The second kappa shape index (κ2) is 8.38. The predicted molar refractivity (Wildman–Crippen MR) is 114 cm³/mol. The highest BCUT2D eigenvalue weighted by atomic mass is 19.1. The molecule has 0 bridgehead atoms. The Hall–Kier alpha value is -3.41. The lowest BCUT2D eigenvalue weighted by Crippen LogP contribution is -2.36. The van der Waals surface area contributed by atoms with Crippen molar-refractivity contribution in [3.63, 3.8) is 0 Å². The number of Topliss-reactive ketones (excluding diaryl/α,β-unsaturated/α-hetero) is 1. The van der Waals surface area contributed by atoms with Crippen LogP contribution in [0.3, 0.4) is 0 Å². The van der Waals surface area contributed by atoms with Crippen LogP contribution >= 0.6 is 0 Å². The lowest BCUT2D eigenvalue weighted by Gasteiger charge is -2.36. The molecule has 4 rings (SSSR count). The number of nitrogens with one attached hydrogen (secondary N) is 1. The number of methoxy groups -OCH3 is 2. The molecule has 1 N–H and O–H groups in total. The Morgan fingerprint density at radius 2 is 1.81 bits per heavy atom. The van der Waals surface area contributed by atoms with Gasteiger partial charge in [-0.05, 0) is 54.7 Å². The van der Waals surface area contributed by atoms with E-state index < -0.39 is 17.7 Å². The zero-order valence-electron chi connectivity index (χ0n) is 17.7. The number of ketones is 1. The van der Waals surface area contributed by atoms with Gasteiger partial charge in [0.1, 0.15) is 11.6 Å². The van der Waals surface area contributed by atoms with E-state index in [1.807, 2.05) is 24.3 Å². The maximum atomic E-state index is 14.0. The van der Waals surface area contributed by atoms with Crippen molar-refractivity contribution >= 4 is 11.8 Å². The van der Waals surface area contributed by atoms with E-state index in [1.165, 1.54) is 19.2 Å². The fourth-order valence-electron chi connectivity index (χ4n) is 4.55. The SMILES string of the molecule is COC(=O)C1=C(C)NC2=C(C(=O)C[C@@H](c3ccc(OC)cc3)C2)[C@H]1c1cccc(F)c1. The van der Waals surface area contributed by atoms with Gasteiger partial charge in [-0.1, -0.05) is 24.3 Å². The minimum atomic E-state index is -0.663. The fourth-order valence-corrected chi connectivity index (χ4v) is 4.55. The van der Waals surface area contributed by atoms with Gasteiger partial charge in [-0.3, -0.25) is 4.79 Å². The molecule has 6 heteroatoms. The summed E-state index contributed by atoms with van der Waals surface area (Å²) in [5.41, 5.74) is 3.85. The van der Waals surface area contributed by atoms with Gasteiger partial charge in [0.05, 0.1) is 19.8 Å². The van der Waals surface area contributed by atoms with Crippen molar-refractivity contribution in [1.29, 1.82) is 0 Å². The van der Waals surface area contributed by atoms with Crippen LogP contribution in [0.5, 0.6) is 5.75 Å². The van der Waals surface area contributed by atoms with Gasteiger partial charge < -0.3 is 14.8 Å². The molecule has 0 spiro atoms. The quantitative estimate of drug-likeness (QED) is 0.743. The topological polar surface area (TPSA) is 64.6 Å². The van der Waals surface area contributed by atoms with Crippen LogP contribution in [0.1, 0.15) is 42.7 Å². The summed E-state index contributed by atoms with van der Waals surface area (Å²) in [6.07, 6.45) is 0.928. The van der Waals surface area contributed by atoms with Crippen LogP contribution in [0.25, 0.3) is 0 Å². The van der Waals surface area contributed by atoms with Crippen molar-refractivity contribution in [2.75, 3.05) is 14.2 Å². The molecule has 160 valence electrons. The molecule has 2 aromatic carbocycles. The predicted octanol–water partition coefficient (Wildman–Crippen LogP) is 4.37. The average Bonchev–Trinajstić information content (AvgIpc) is 2.77. The highest BCUT2D eigenvalue weighted by molar-refractivity contribution is 6.04. The van der Waals surface area contributed by atoms with Crippen molar-refractivity contribution in [1.82, 2.24) is 5.32 Å². The summed E-state index contributed by atoms with van der Waals surface area (Å²) in [7, 11) is 2.92. The first kappa shape index (κ1) is 20.8. The third-order valence-electron chi connectivity index (χ3n) is 6.00. The summed E-state index contributed by atoms with van der Waals surface area (Å²) in [5, 5.41) is 3.27. The van der Waals surface area contributed by atoms with Crippen molar-refractivity contribution in [2.45, 2.75) is 31.6 Å². The number of hydrogen-bond donors (Lipinski definition) is 1. The maximum absolute atomic E-state index is 14.0. The van der Waals surface area contributed by atoms with Crippen LogP contribution in [0.2, 0.25) is 0 Å². The Morgan fingerprint density at radius 1 is 1.06 bits per heavy atom. The molecule has 1 aliphatic carbocycles. The van der Waals surface area contributed by atoms with Crippen LogP contribution in [0.15, 0.2) is 71.1 Å². The van der Waals surface area contributed by atoms with Crippen molar-refractivity contribution in [3.8, 4) is 5.75 Å². The van der Waals surface area contributed by atoms with Gasteiger partial charge in [0.15, 0.2) is 5.78 Å². The van der Waals surface area contributed by atoms with E-state index in [0.29, 0.717) is 35.2 Å². The monoisotopic (exact) mass is 421 g/mol. The lowest BCUT2D eigenvalue weighted by atomic mass is 9.71. The molecule has 0 fully saturated rings. The molecule has 5 nitrogen and oxygen atoms in total. The maximum Gasteiger partial charge on any atom is 0.336 e. The zero-order chi connectivity index (χ0) is 22.1. The number of carbonyl (C=O) groups excluding carboxylic acids is 2. The van der Waals surface area contributed by atoms with Crippen molar-refractivity contribution in [2.24, 2.45) is 0 Å². The lowest BCUT2D eigenvalue weighted by molar-refractivity contribution is -0.136. The van der Waals surface area contributed by atoms with E-state index in [2.05, 4.69) is 5.32 Å². The van der Waals surface area contributed by atoms with Crippen molar-refractivity contribution in [3.05, 3.63) is 88.0 Å². The Morgan fingerprint density at radius 3 is 2.45 bits per heavy atom. The number of hydrogen-bond acceptors (Lipinski definition) is 5. The average molecular weight is 421 g/mol.